The predicted molar refractivity (Wildman–Crippen MR) is 482 cm³/mol. The summed E-state index contributed by atoms with van der Waals surface area (Å²) in [7, 11) is -11.1. The van der Waals surface area contributed by atoms with Crippen molar-refractivity contribution in [3.63, 3.8) is 0 Å². The van der Waals surface area contributed by atoms with Gasteiger partial charge in [0.25, 0.3) is 0 Å². The fourth-order valence-electron chi connectivity index (χ4n) is 16.8. The van der Waals surface area contributed by atoms with Crippen LogP contribution in [0, 0.1) is 16.2 Å². The second kappa shape index (κ2) is 65.2. The Hall–Kier alpha value is 1.18. The van der Waals surface area contributed by atoms with E-state index in [2.05, 4.69) is 149 Å². The van der Waals surface area contributed by atoms with E-state index >= 15 is 0 Å². The van der Waals surface area contributed by atoms with Gasteiger partial charge in [-0.1, -0.05) is 289 Å². The predicted octanol–water partition coefficient (Wildman–Crippen LogP) is 23.1. The van der Waals surface area contributed by atoms with Crippen LogP contribution in [0.4, 0.5) is 0 Å². The van der Waals surface area contributed by atoms with Gasteiger partial charge in [0.2, 0.25) is 0 Å². The lowest BCUT2D eigenvalue weighted by atomic mass is 9.92. The van der Waals surface area contributed by atoms with Crippen LogP contribution in [0.15, 0.2) is 0 Å². The van der Waals surface area contributed by atoms with Crippen molar-refractivity contribution >= 4 is 65.6 Å². The lowest BCUT2D eigenvalue weighted by molar-refractivity contribution is -0.0769. The minimum atomic E-state index is -1.66. The van der Waals surface area contributed by atoms with Gasteiger partial charge in [0.15, 0.2) is 33.3 Å². The van der Waals surface area contributed by atoms with Crippen molar-refractivity contribution in [3.05, 3.63) is 0 Å². The zero-order valence-electron chi connectivity index (χ0n) is 75.2. The van der Waals surface area contributed by atoms with Gasteiger partial charge in [0, 0.05) is 39.6 Å². The molecule has 0 aromatic carbocycles. The molecular formula is C84H190O14Si8. The maximum atomic E-state index is 10.2. The Bertz CT molecular complexity index is 1770. The maximum Gasteiger partial charge on any atom is 0.173 e. The Morgan fingerprint density at radius 2 is 0.377 bits per heavy atom. The third-order valence-corrected chi connectivity index (χ3v) is 58.6. The van der Waals surface area contributed by atoms with E-state index in [9.17, 15) is 30.6 Å². The molecule has 0 spiro atoms. The van der Waals surface area contributed by atoms with E-state index in [-0.39, 0.29) is 39.6 Å². The van der Waals surface area contributed by atoms with Gasteiger partial charge in [-0.05, 0) is 116 Å². The molecule has 0 saturated carbocycles. The minimum Gasteiger partial charge on any atom is -0.456 e. The van der Waals surface area contributed by atoms with E-state index in [0.717, 1.165) is 77.0 Å². The van der Waals surface area contributed by atoms with E-state index in [1.54, 1.807) is 0 Å². The van der Waals surface area contributed by atoms with Crippen LogP contribution >= 0.6 is 0 Å². The summed E-state index contributed by atoms with van der Waals surface area (Å²) >= 11 is 0. The molecule has 6 N–H and O–H groups in total. The molecule has 0 saturated heterocycles. The van der Waals surface area contributed by atoms with Gasteiger partial charge in [0.1, 0.15) is 0 Å². The third-order valence-electron chi connectivity index (χ3n) is 22.8. The standard InChI is InChI=1S/C35H76O4Si2.C28H62O4Si2.C21H52O6Si4/c1-7-13-23-40(24-14-8-2,25-15-9-3)29-19-21-38-33-35(31-36,32-37)34-39-22-20-30-41(26-16-10-4,27-17-11-5)28-18-12-6;1-7-17-33(12-6,18-8-2)22-13-15-31-26-28(24-29,25-30)27-32-16-14-23-34(19-9-3,20-10-4)21-11-5;1-28(2,3)26-30(7,8)15-11-13-24-19-21(17-22,18-23)20-25-14-12-16-31(9,10)27-29(4,5)6/h36-37H,7-34H2,1-6H3;29-30H,7-27H2,1-6H3;22-23H,11-20H2,1-10H3. The van der Waals surface area contributed by atoms with Crippen molar-refractivity contribution in [1.29, 1.82) is 0 Å². The second-order valence-electron chi connectivity index (χ2n) is 37.1. The molecule has 0 rings (SSSR count). The number of ether oxygens (including phenoxy) is 6. The first kappa shape index (κ1) is 111. The molecule has 0 heterocycles. The van der Waals surface area contributed by atoms with E-state index in [1.165, 1.54) is 206 Å². The number of hydrogen-bond donors (Lipinski definition) is 6. The summed E-state index contributed by atoms with van der Waals surface area (Å²) in [5, 5.41) is 60.2. The van der Waals surface area contributed by atoms with Gasteiger partial charge in [-0.15, -0.1) is 0 Å². The monoisotopic (exact) mass is 1650 g/mol. The topological polar surface area (TPSA) is 195 Å². The highest BCUT2D eigenvalue weighted by Gasteiger charge is 2.38. The molecule has 642 valence electrons. The van der Waals surface area contributed by atoms with E-state index in [4.69, 9.17) is 36.7 Å². The number of aliphatic hydroxyl groups is 6. The van der Waals surface area contributed by atoms with E-state index < -0.39 is 81.8 Å². The summed E-state index contributed by atoms with van der Waals surface area (Å²) in [5.41, 5.74) is -2.12. The number of hydrogen-bond acceptors (Lipinski definition) is 14. The number of rotatable bonds is 75. The molecule has 0 bridgehead atoms. The molecule has 0 atom stereocenters. The first-order valence-electron chi connectivity index (χ1n) is 44.8. The summed E-state index contributed by atoms with van der Waals surface area (Å²) in [6.45, 7) is 56.1. The molecule has 0 amide bonds. The Morgan fingerprint density at radius 1 is 0.208 bits per heavy atom. The van der Waals surface area contributed by atoms with Crippen LogP contribution in [-0.4, -0.2) is 215 Å². The fraction of sp³-hybridized carbons (Fsp3) is 1.00. The van der Waals surface area contributed by atoms with Crippen molar-refractivity contribution in [2.75, 3.05) is 119 Å². The van der Waals surface area contributed by atoms with Gasteiger partial charge >= 0.3 is 0 Å². The van der Waals surface area contributed by atoms with Gasteiger partial charge in [-0.25, -0.2) is 0 Å². The molecule has 0 aromatic rings. The smallest absolute Gasteiger partial charge is 0.173 e. The molecule has 0 fully saturated rings. The zero-order chi connectivity index (χ0) is 80.9. The van der Waals surface area contributed by atoms with Gasteiger partial charge in [-0.3, -0.25) is 0 Å². The van der Waals surface area contributed by atoms with Crippen molar-refractivity contribution in [2.24, 2.45) is 16.2 Å². The largest absolute Gasteiger partial charge is 0.456 e. The molecule has 0 aliphatic heterocycles. The molecule has 0 aromatic heterocycles. The number of unbranched alkanes of at least 4 members (excludes halogenated alkanes) is 6. The van der Waals surface area contributed by atoms with Crippen LogP contribution in [-0.2, 0) is 36.7 Å². The fourth-order valence-corrected chi connectivity index (χ4v) is 54.7. The van der Waals surface area contributed by atoms with Crippen LogP contribution in [0.25, 0.3) is 0 Å². The van der Waals surface area contributed by atoms with Crippen molar-refractivity contribution in [3.8, 4) is 0 Å². The first-order chi connectivity index (χ1) is 50.2. The quantitative estimate of drug-likeness (QED) is 0.0249. The van der Waals surface area contributed by atoms with Crippen molar-refractivity contribution < 1.29 is 67.3 Å². The first-order valence-corrected chi connectivity index (χ1v) is 69.1. The van der Waals surface area contributed by atoms with E-state index in [0.29, 0.717) is 52.9 Å². The highest BCUT2D eigenvalue weighted by Crippen LogP contribution is 2.37. The molecule has 106 heavy (non-hydrogen) atoms. The molecule has 0 unspecified atom stereocenters. The number of aliphatic hydroxyl groups excluding tert-OH is 6. The summed E-state index contributed by atoms with van der Waals surface area (Å²) in [6, 6.07) is 25.0. The second-order valence-corrected chi connectivity index (χ2v) is 75.4. The van der Waals surface area contributed by atoms with Crippen LogP contribution in [0.5, 0.6) is 0 Å². The van der Waals surface area contributed by atoms with E-state index in [1.807, 2.05) is 0 Å². The summed E-state index contributed by atoms with van der Waals surface area (Å²) in [6.07, 6.45) is 29.0. The molecular weight excluding hydrogens is 1460 g/mol. The van der Waals surface area contributed by atoms with Gasteiger partial charge < -0.3 is 67.3 Å². The zero-order valence-corrected chi connectivity index (χ0v) is 83.2. The lowest BCUT2D eigenvalue weighted by Gasteiger charge is -2.33. The average molecular weight is 1650 g/mol. The Kier molecular flexibility index (Phi) is 68.5. The van der Waals surface area contributed by atoms with Crippen LogP contribution in [0.2, 0.25) is 174 Å². The minimum absolute atomic E-state index is 0.0894. The molecule has 14 nitrogen and oxygen atoms in total. The van der Waals surface area contributed by atoms with Gasteiger partial charge in [-0.2, -0.15) is 0 Å². The highest BCUT2D eigenvalue weighted by atomic mass is 28.4. The Balaban J connectivity index is -0.00000152. The van der Waals surface area contributed by atoms with Crippen LogP contribution in [0.1, 0.15) is 231 Å². The van der Waals surface area contributed by atoms with Crippen molar-refractivity contribution in [1.82, 2.24) is 0 Å². The lowest BCUT2D eigenvalue weighted by Crippen LogP contribution is -2.42. The summed E-state index contributed by atoms with van der Waals surface area (Å²) < 4.78 is 48.8. The molecule has 0 radical (unpaired) electrons. The molecule has 22 heteroatoms. The third kappa shape index (κ3) is 54.9. The molecule has 0 aliphatic carbocycles. The normalized spacial score (nSPS) is 13.4. The Morgan fingerprint density at radius 3 is 0.547 bits per heavy atom. The van der Waals surface area contributed by atoms with Crippen LogP contribution in [0.3, 0.4) is 0 Å². The van der Waals surface area contributed by atoms with Gasteiger partial charge in [0.05, 0.1) is 128 Å². The molecule has 0 aliphatic rings. The van der Waals surface area contributed by atoms with Crippen molar-refractivity contribution in [2.45, 2.75) is 405 Å². The maximum absolute atomic E-state index is 10.2. The summed E-state index contributed by atoms with van der Waals surface area (Å²) in [4.78, 5) is 0. The summed E-state index contributed by atoms with van der Waals surface area (Å²) in [5.74, 6) is 0. The average Bonchev–Trinajstić information content (AvgIpc) is 0.879. The Labute approximate surface area is 668 Å². The van der Waals surface area contributed by atoms with Crippen LogP contribution < -0.4 is 0 Å². The SMILES string of the molecule is CCCC[Si](CCCC)(CCCC)CCCOCC(CO)(CO)COCCC[Si](CCCC)(CCCC)CCCC.CCC[Si](CC)(CCC)CCCOCC(CO)(CO)COCCC[Si](CCC)(CCC)CCC.C[Si](C)(C)O[Si](C)(C)CCCOCC(CO)(CO)COCCC[Si](C)(C)O[Si](C)(C)C. The highest BCUT2D eigenvalue weighted by molar-refractivity contribution is 6.85.